The van der Waals surface area contributed by atoms with E-state index in [0.29, 0.717) is 25.4 Å². The molecule has 3 aliphatic heterocycles. The number of fused-ring (bicyclic) bond motifs is 1. The SMILES string of the molecule is O=C1COC2(CCN(CC(O)[C@@H]3COc4ccccc4O3)CC2)CN1c1ccccc1. The molecule has 7 nitrogen and oxygen atoms in total. The predicted octanol–water partition coefficient (Wildman–Crippen LogP) is 2.09. The summed E-state index contributed by atoms with van der Waals surface area (Å²) in [7, 11) is 0. The average molecular weight is 424 g/mol. The molecule has 0 bridgehead atoms. The van der Waals surface area contributed by atoms with E-state index < -0.39 is 6.10 Å². The van der Waals surface area contributed by atoms with Gasteiger partial charge in [-0.05, 0) is 37.1 Å². The lowest BCUT2D eigenvalue weighted by Crippen LogP contribution is -2.59. The number of anilines is 1. The van der Waals surface area contributed by atoms with Crippen LogP contribution in [0, 0.1) is 0 Å². The topological polar surface area (TPSA) is 71.5 Å². The molecule has 1 amide bonds. The van der Waals surface area contributed by atoms with Crippen molar-refractivity contribution in [3.05, 3.63) is 54.6 Å². The van der Waals surface area contributed by atoms with E-state index in [1.807, 2.05) is 59.5 Å². The van der Waals surface area contributed by atoms with Gasteiger partial charge >= 0.3 is 0 Å². The standard InChI is InChI=1S/C24H28N2O5/c27-19(22-15-29-20-8-4-5-9-21(20)31-22)14-25-12-10-24(11-13-25)17-26(23(28)16-30-24)18-6-2-1-3-7-18/h1-9,19,22,27H,10-17H2/t19?,22-/m0/s1. The summed E-state index contributed by atoms with van der Waals surface area (Å²) < 4.78 is 17.7. The molecule has 2 aromatic carbocycles. The summed E-state index contributed by atoms with van der Waals surface area (Å²) in [6.07, 6.45) is 0.613. The molecular weight excluding hydrogens is 396 g/mol. The minimum atomic E-state index is -0.642. The summed E-state index contributed by atoms with van der Waals surface area (Å²) in [5.74, 6) is 1.40. The van der Waals surface area contributed by atoms with Gasteiger partial charge in [-0.15, -0.1) is 0 Å². The van der Waals surface area contributed by atoms with Crippen LogP contribution in [0.4, 0.5) is 5.69 Å². The summed E-state index contributed by atoms with van der Waals surface area (Å²) in [4.78, 5) is 16.5. The number of aliphatic hydroxyl groups excluding tert-OH is 1. The number of likely N-dealkylation sites (tertiary alicyclic amines) is 1. The molecule has 1 spiro atoms. The van der Waals surface area contributed by atoms with Crippen LogP contribution in [-0.2, 0) is 9.53 Å². The number of carbonyl (C=O) groups is 1. The summed E-state index contributed by atoms with van der Waals surface area (Å²) >= 11 is 0. The molecule has 0 aromatic heterocycles. The molecule has 0 saturated carbocycles. The molecule has 1 unspecified atom stereocenters. The molecule has 164 valence electrons. The third-order valence-electron chi connectivity index (χ3n) is 6.49. The lowest BCUT2D eigenvalue weighted by Gasteiger charge is -2.47. The zero-order valence-corrected chi connectivity index (χ0v) is 17.5. The second kappa shape index (κ2) is 8.49. The van der Waals surface area contributed by atoms with Crippen LogP contribution < -0.4 is 14.4 Å². The number of para-hydroxylation sites is 3. The van der Waals surface area contributed by atoms with Crippen molar-refractivity contribution in [1.82, 2.24) is 4.90 Å². The summed E-state index contributed by atoms with van der Waals surface area (Å²) in [5.41, 5.74) is 0.594. The van der Waals surface area contributed by atoms with Crippen molar-refractivity contribution in [2.75, 3.05) is 44.3 Å². The minimum absolute atomic E-state index is 0.00408. The molecule has 3 aliphatic rings. The van der Waals surface area contributed by atoms with E-state index in [2.05, 4.69) is 4.90 Å². The third-order valence-corrected chi connectivity index (χ3v) is 6.49. The van der Waals surface area contributed by atoms with Crippen molar-refractivity contribution in [1.29, 1.82) is 0 Å². The maximum atomic E-state index is 12.4. The van der Waals surface area contributed by atoms with E-state index in [9.17, 15) is 9.90 Å². The highest BCUT2D eigenvalue weighted by Gasteiger charge is 2.43. The van der Waals surface area contributed by atoms with Crippen LogP contribution >= 0.6 is 0 Å². The molecule has 7 heteroatoms. The Kier molecular flexibility index (Phi) is 5.56. The first-order valence-corrected chi connectivity index (χ1v) is 10.9. The maximum Gasteiger partial charge on any atom is 0.253 e. The smallest absolute Gasteiger partial charge is 0.253 e. The van der Waals surface area contributed by atoms with E-state index in [1.54, 1.807) is 0 Å². The molecule has 2 saturated heterocycles. The normalized spacial score (nSPS) is 24.2. The maximum absolute atomic E-state index is 12.4. The number of piperidine rings is 1. The monoisotopic (exact) mass is 424 g/mol. The van der Waals surface area contributed by atoms with E-state index in [1.165, 1.54) is 0 Å². The molecule has 1 N–H and O–H groups in total. The number of β-amino-alcohol motifs (C(OH)–C–C–N with tert-alkyl or cyclic N) is 1. The van der Waals surface area contributed by atoms with E-state index in [4.69, 9.17) is 14.2 Å². The number of amides is 1. The van der Waals surface area contributed by atoms with Gasteiger partial charge in [0.2, 0.25) is 0 Å². The molecule has 5 rings (SSSR count). The first kappa shape index (κ1) is 20.3. The Labute approximate surface area is 182 Å². The lowest BCUT2D eigenvalue weighted by atomic mass is 9.88. The Morgan fingerprint density at radius 3 is 2.52 bits per heavy atom. The van der Waals surface area contributed by atoms with Crippen LogP contribution in [0.3, 0.4) is 0 Å². The van der Waals surface area contributed by atoms with Crippen LogP contribution in [0.15, 0.2) is 54.6 Å². The fourth-order valence-electron chi connectivity index (χ4n) is 4.61. The number of hydrogen-bond acceptors (Lipinski definition) is 6. The zero-order chi connectivity index (χ0) is 21.3. The molecule has 2 aromatic rings. The molecule has 0 radical (unpaired) electrons. The van der Waals surface area contributed by atoms with Gasteiger partial charge in [-0.3, -0.25) is 4.79 Å². The van der Waals surface area contributed by atoms with E-state index in [0.717, 1.165) is 37.4 Å². The number of ether oxygens (including phenoxy) is 3. The van der Waals surface area contributed by atoms with Crippen molar-refractivity contribution >= 4 is 11.6 Å². The van der Waals surface area contributed by atoms with Crippen molar-refractivity contribution in [2.24, 2.45) is 0 Å². The highest BCUT2D eigenvalue weighted by Crippen LogP contribution is 2.34. The van der Waals surface area contributed by atoms with Gasteiger partial charge in [-0.2, -0.15) is 0 Å². The van der Waals surface area contributed by atoms with Crippen LogP contribution in [0.25, 0.3) is 0 Å². The molecule has 2 atom stereocenters. The Hall–Kier alpha value is -2.61. The van der Waals surface area contributed by atoms with Crippen LogP contribution in [0.5, 0.6) is 11.5 Å². The number of rotatable bonds is 4. The van der Waals surface area contributed by atoms with Crippen LogP contribution in [0.1, 0.15) is 12.8 Å². The Morgan fingerprint density at radius 1 is 1.03 bits per heavy atom. The van der Waals surface area contributed by atoms with Crippen LogP contribution in [-0.4, -0.2) is 73.1 Å². The second-order valence-corrected chi connectivity index (χ2v) is 8.57. The van der Waals surface area contributed by atoms with Crippen molar-refractivity contribution in [3.8, 4) is 11.5 Å². The number of benzene rings is 2. The summed E-state index contributed by atoms with van der Waals surface area (Å²) in [5, 5.41) is 10.7. The Bertz CT molecular complexity index is 913. The van der Waals surface area contributed by atoms with E-state index in [-0.39, 0.29) is 24.2 Å². The second-order valence-electron chi connectivity index (χ2n) is 8.57. The number of aliphatic hydroxyl groups is 1. The molecular formula is C24H28N2O5. The summed E-state index contributed by atoms with van der Waals surface area (Å²) in [6.45, 7) is 3.16. The van der Waals surface area contributed by atoms with Crippen molar-refractivity contribution < 1.29 is 24.1 Å². The first-order valence-electron chi connectivity index (χ1n) is 10.9. The largest absolute Gasteiger partial charge is 0.486 e. The van der Waals surface area contributed by atoms with Gasteiger partial charge < -0.3 is 29.1 Å². The molecule has 2 fully saturated rings. The van der Waals surface area contributed by atoms with Crippen molar-refractivity contribution in [3.63, 3.8) is 0 Å². The molecule has 0 aliphatic carbocycles. The van der Waals surface area contributed by atoms with E-state index >= 15 is 0 Å². The van der Waals surface area contributed by atoms with Gasteiger partial charge in [0.15, 0.2) is 17.6 Å². The van der Waals surface area contributed by atoms with Gasteiger partial charge in [-0.25, -0.2) is 0 Å². The quantitative estimate of drug-likeness (QED) is 0.811. The average Bonchev–Trinajstić information content (AvgIpc) is 2.82. The minimum Gasteiger partial charge on any atom is -0.486 e. The third kappa shape index (κ3) is 4.26. The van der Waals surface area contributed by atoms with Gasteiger partial charge in [0.05, 0.1) is 12.1 Å². The van der Waals surface area contributed by atoms with Crippen LogP contribution in [0.2, 0.25) is 0 Å². The van der Waals surface area contributed by atoms with Gasteiger partial charge in [0.25, 0.3) is 5.91 Å². The highest BCUT2D eigenvalue weighted by molar-refractivity contribution is 5.95. The molecule has 31 heavy (non-hydrogen) atoms. The number of nitrogens with zero attached hydrogens (tertiary/aromatic N) is 2. The molecule has 3 heterocycles. The van der Waals surface area contributed by atoms with Gasteiger partial charge in [-0.1, -0.05) is 30.3 Å². The fourth-order valence-corrected chi connectivity index (χ4v) is 4.61. The highest BCUT2D eigenvalue weighted by atomic mass is 16.6. The van der Waals surface area contributed by atoms with Gasteiger partial charge in [0, 0.05) is 25.3 Å². The Morgan fingerprint density at radius 2 is 1.74 bits per heavy atom. The number of morpholine rings is 1. The predicted molar refractivity (Wildman–Crippen MR) is 116 cm³/mol. The number of hydrogen-bond donors (Lipinski definition) is 1. The summed E-state index contributed by atoms with van der Waals surface area (Å²) in [6, 6.07) is 17.3. The Balaban J connectivity index is 1.17. The zero-order valence-electron chi connectivity index (χ0n) is 17.5. The van der Waals surface area contributed by atoms with Crippen molar-refractivity contribution in [2.45, 2.75) is 30.7 Å². The van der Waals surface area contributed by atoms with Gasteiger partial charge in [0.1, 0.15) is 19.3 Å². The fraction of sp³-hybridized carbons (Fsp3) is 0.458. The first-order chi connectivity index (χ1) is 15.1. The number of carbonyl (C=O) groups excluding carboxylic acids is 1. The lowest BCUT2D eigenvalue weighted by molar-refractivity contribution is -0.145.